The van der Waals surface area contributed by atoms with E-state index in [0.29, 0.717) is 12.0 Å². The van der Waals surface area contributed by atoms with Gasteiger partial charge in [-0.15, -0.1) is 0 Å². The van der Waals surface area contributed by atoms with Gasteiger partial charge in [0.05, 0.1) is 19.8 Å². The zero-order valence-corrected chi connectivity index (χ0v) is 15.9. The molecule has 1 saturated carbocycles. The van der Waals surface area contributed by atoms with Crippen molar-refractivity contribution in [3.05, 3.63) is 34.3 Å². The molecule has 1 aliphatic carbocycles. The number of halogens is 1. The SMILES string of the molecule is CCNC(=NCCN1CCOCC1)NC1CC1c1ccc(Br)cc1. The van der Waals surface area contributed by atoms with E-state index in [-0.39, 0.29) is 0 Å². The highest BCUT2D eigenvalue weighted by atomic mass is 79.9. The van der Waals surface area contributed by atoms with Crippen molar-refractivity contribution < 1.29 is 4.74 Å². The summed E-state index contributed by atoms with van der Waals surface area (Å²) in [4.78, 5) is 7.15. The van der Waals surface area contributed by atoms with Gasteiger partial charge in [0.2, 0.25) is 0 Å². The summed E-state index contributed by atoms with van der Waals surface area (Å²) in [6.07, 6.45) is 1.18. The molecule has 132 valence electrons. The van der Waals surface area contributed by atoms with Gasteiger partial charge in [0, 0.05) is 42.6 Å². The Morgan fingerprint density at radius 3 is 2.75 bits per heavy atom. The average molecular weight is 395 g/mol. The predicted octanol–water partition coefficient (Wildman–Crippen LogP) is 2.19. The third-order valence-electron chi connectivity index (χ3n) is 4.54. The lowest BCUT2D eigenvalue weighted by Crippen LogP contribution is -2.41. The molecule has 2 atom stereocenters. The van der Waals surface area contributed by atoms with Crippen molar-refractivity contribution in [1.29, 1.82) is 0 Å². The van der Waals surface area contributed by atoms with Crippen LogP contribution in [0, 0.1) is 0 Å². The van der Waals surface area contributed by atoms with Crippen molar-refractivity contribution in [1.82, 2.24) is 15.5 Å². The number of ether oxygens (including phenoxy) is 1. The summed E-state index contributed by atoms with van der Waals surface area (Å²) >= 11 is 3.50. The Labute approximate surface area is 153 Å². The maximum atomic E-state index is 5.38. The molecule has 1 aromatic carbocycles. The second-order valence-electron chi connectivity index (χ2n) is 6.36. The highest BCUT2D eigenvalue weighted by Crippen LogP contribution is 2.40. The standard InChI is InChI=1S/C18H27BrN4O/c1-2-20-18(21-7-8-23-9-11-24-12-10-23)22-17-13-16(17)14-3-5-15(19)6-4-14/h3-6,16-17H,2,7-13H2,1H3,(H2,20,21,22). The molecular weight excluding hydrogens is 368 g/mol. The molecule has 2 unspecified atom stereocenters. The van der Waals surface area contributed by atoms with Crippen LogP contribution in [0.1, 0.15) is 24.8 Å². The van der Waals surface area contributed by atoms with E-state index in [2.05, 4.69) is 62.7 Å². The van der Waals surface area contributed by atoms with Gasteiger partial charge in [-0.3, -0.25) is 9.89 Å². The van der Waals surface area contributed by atoms with E-state index in [1.54, 1.807) is 0 Å². The summed E-state index contributed by atoms with van der Waals surface area (Å²) in [5, 5.41) is 6.94. The summed E-state index contributed by atoms with van der Waals surface area (Å²) in [6.45, 7) is 8.56. The molecule has 2 N–H and O–H groups in total. The third kappa shape index (κ3) is 5.19. The first-order valence-electron chi connectivity index (χ1n) is 8.86. The van der Waals surface area contributed by atoms with Gasteiger partial charge in [0.15, 0.2) is 5.96 Å². The second kappa shape index (κ2) is 8.83. The summed E-state index contributed by atoms with van der Waals surface area (Å²) in [7, 11) is 0. The largest absolute Gasteiger partial charge is 0.379 e. The van der Waals surface area contributed by atoms with E-state index in [4.69, 9.17) is 9.73 Å². The number of hydrogen-bond acceptors (Lipinski definition) is 3. The predicted molar refractivity (Wildman–Crippen MR) is 102 cm³/mol. The first kappa shape index (κ1) is 17.7. The van der Waals surface area contributed by atoms with Gasteiger partial charge in [-0.25, -0.2) is 0 Å². The minimum Gasteiger partial charge on any atom is -0.379 e. The molecule has 0 radical (unpaired) electrons. The fourth-order valence-electron chi connectivity index (χ4n) is 3.06. The first-order valence-corrected chi connectivity index (χ1v) is 9.66. The molecule has 1 aromatic rings. The number of rotatable bonds is 6. The van der Waals surface area contributed by atoms with Gasteiger partial charge in [-0.1, -0.05) is 28.1 Å². The van der Waals surface area contributed by atoms with Crippen LogP contribution in [0.25, 0.3) is 0 Å². The van der Waals surface area contributed by atoms with Crippen LogP contribution in [-0.4, -0.2) is 62.8 Å². The highest BCUT2D eigenvalue weighted by molar-refractivity contribution is 9.10. The van der Waals surface area contributed by atoms with Gasteiger partial charge in [0.1, 0.15) is 0 Å². The Morgan fingerprint density at radius 2 is 2.04 bits per heavy atom. The number of aliphatic imine (C=N–C) groups is 1. The minimum absolute atomic E-state index is 0.493. The van der Waals surface area contributed by atoms with Crippen LogP contribution in [0.4, 0.5) is 0 Å². The Hall–Kier alpha value is -1.11. The zero-order chi connectivity index (χ0) is 16.8. The molecule has 0 bridgehead atoms. The van der Waals surface area contributed by atoms with Crippen LogP contribution in [0.5, 0.6) is 0 Å². The third-order valence-corrected chi connectivity index (χ3v) is 5.07. The smallest absolute Gasteiger partial charge is 0.191 e. The van der Waals surface area contributed by atoms with Gasteiger partial charge in [-0.05, 0) is 31.0 Å². The lowest BCUT2D eigenvalue weighted by Gasteiger charge is -2.25. The summed E-state index contributed by atoms with van der Waals surface area (Å²) in [5.41, 5.74) is 1.40. The molecule has 1 aliphatic heterocycles. The monoisotopic (exact) mass is 394 g/mol. The summed E-state index contributed by atoms with van der Waals surface area (Å²) < 4.78 is 6.52. The molecule has 3 rings (SSSR count). The van der Waals surface area contributed by atoms with Crippen LogP contribution in [0.15, 0.2) is 33.7 Å². The van der Waals surface area contributed by atoms with Gasteiger partial charge < -0.3 is 15.4 Å². The molecule has 0 spiro atoms. The van der Waals surface area contributed by atoms with Crippen molar-refractivity contribution in [2.24, 2.45) is 4.99 Å². The number of nitrogens with one attached hydrogen (secondary N) is 2. The Morgan fingerprint density at radius 1 is 1.29 bits per heavy atom. The number of benzene rings is 1. The molecule has 0 amide bonds. The van der Waals surface area contributed by atoms with Crippen molar-refractivity contribution in [3.63, 3.8) is 0 Å². The van der Waals surface area contributed by atoms with Crippen LogP contribution in [-0.2, 0) is 4.74 Å². The molecule has 5 nitrogen and oxygen atoms in total. The van der Waals surface area contributed by atoms with E-state index in [1.807, 2.05) is 0 Å². The van der Waals surface area contributed by atoms with Crippen LogP contribution < -0.4 is 10.6 Å². The average Bonchev–Trinajstić information content (AvgIpc) is 3.36. The minimum atomic E-state index is 0.493. The maximum Gasteiger partial charge on any atom is 0.191 e. The van der Waals surface area contributed by atoms with Crippen molar-refractivity contribution >= 4 is 21.9 Å². The fourth-order valence-corrected chi connectivity index (χ4v) is 3.32. The van der Waals surface area contributed by atoms with Gasteiger partial charge >= 0.3 is 0 Å². The Bertz CT molecular complexity index is 542. The molecule has 2 fully saturated rings. The van der Waals surface area contributed by atoms with Gasteiger partial charge in [-0.2, -0.15) is 0 Å². The normalized spacial score (nSPS) is 24.7. The summed E-state index contributed by atoms with van der Waals surface area (Å²) in [5.74, 6) is 1.54. The van der Waals surface area contributed by atoms with Crippen LogP contribution in [0.2, 0.25) is 0 Å². The van der Waals surface area contributed by atoms with E-state index < -0.39 is 0 Å². The molecule has 6 heteroatoms. The number of morpholine rings is 1. The molecule has 0 aromatic heterocycles. The lowest BCUT2D eigenvalue weighted by atomic mass is 10.1. The fraction of sp³-hybridized carbons (Fsp3) is 0.611. The molecule has 1 saturated heterocycles. The second-order valence-corrected chi connectivity index (χ2v) is 7.27. The van der Waals surface area contributed by atoms with Crippen molar-refractivity contribution in [2.75, 3.05) is 45.9 Å². The van der Waals surface area contributed by atoms with E-state index in [0.717, 1.165) is 56.4 Å². The first-order chi connectivity index (χ1) is 11.8. The lowest BCUT2D eigenvalue weighted by molar-refractivity contribution is 0.0394. The maximum absolute atomic E-state index is 5.38. The molecule has 24 heavy (non-hydrogen) atoms. The van der Waals surface area contributed by atoms with Gasteiger partial charge in [0.25, 0.3) is 0 Å². The van der Waals surface area contributed by atoms with E-state index >= 15 is 0 Å². The van der Waals surface area contributed by atoms with Crippen molar-refractivity contribution in [2.45, 2.75) is 25.3 Å². The van der Waals surface area contributed by atoms with Crippen molar-refractivity contribution in [3.8, 4) is 0 Å². The summed E-state index contributed by atoms with van der Waals surface area (Å²) in [6, 6.07) is 9.14. The number of hydrogen-bond donors (Lipinski definition) is 2. The van der Waals surface area contributed by atoms with E-state index in [1.165, 1.54) is 12.0 Å². The Kier molecular flexibility index (Phi) is 6.51. The van der Waals surface area contributed by atoms with E-state index in [9.17, 15) is 0 Å². The topological polar surface area (TPSA) is 48.9 Å². The van der Waals surface area contributed by atoms with Crippen LogP contribution in [0.3, 0.4) is 0 Å². The Balaban J connectivity index is 1.47. The number of nitrogens with zero attached hydrogens (tertiary/aromatic N) is 2. The zero-order valence-electron chi connectivity index (χ0n) is 14.3. The molecular formula is C18H27BrN4O. The molecule has 1 heterocycles. The number of guanidine groups is 1. The highest BCUT2D eigenvalue weighted by Gasteiger charge is 2.38. The van der Waals surface area contributed by atoms with Crippen LogP contribution >= 0.6 is 15.9 Å². The quantitative estimate of drug-likeness (QED) is 0.573. The molecule has 2 aliphatic rings.